The zero-order valence-corrected chi connectivity index (χ0v) is 15.2. The fourth-order valence-electron chi connectivity index (χ4n) is 3.63. The first-order chi connectivity index (χ1) is 12.5. The minimum atomic E-state index is -0.140. The molecule has 2 aromatic carbocycles. The molecule has 4 rings (SSSR count). The fraction of sp³-hybridized carbons (Fsp3) is 0.381. The third-order valence-corrected chi connectivity index (χ3v) is 5.31. The van der Waals surface area contributed by atoms with Crippen LogP contribution in [0.25, 0.3) is 0 Å². The maximum atomic E-state index is 12.7. The van der Waals surface area contributed by atoms with Crippen LogP contribution in [0.5, 0.6) is 11.5 Å². The van der Waals surface area contributed by atoms with Gasteiger partial charge in [-0.05, 0) is 43.5 Å². The molecule has 1 N–H and O–H groups in total. The maximum absolute atomic E-state index is 12.7. The van der Waals surface area contributed by atoms with Crippen LogP contribution in [0, 0.1) is 0 Å². The molecule has 136 valence electrons. The Morgan fingerprint density at radius 3 is 2.77 bits per heavy atom. The number of ether oxygens (including phenoxy) is 2. The number of hydrogen-bond acceptors (Lipinski definition) is 4. The molecule has 5 nitrogen and oxygen atoms in total. The highest BCUT2D eigenvalue weighted by Gasteiger charge is 2.31. The van der Waals surface area contributed by atoms with Crippen molar-refractivity contribution in [3.63, 3.8) is 0 Å². The third-order valence-electron chi connectivity index (χ3n) is 5.31. The Labute approximate surface area is 153 Å². The van der Waals surface area contributed by atoms with Crippen molar-refractivity contribution >= 4 is 5.91 Å². The molecule has 0 unspecified atom stereocenters. The highest BCUT2D eigenvalue weighted by atomic mass is 16.7. The molecule has 0 saturated carbocycles. The lowest BCUT2D eigenvalue weighted by Crippen LogP contribution is -2.53. The summed E-state index contributed by atoms with van der Waals surface area (Å²) in [6.45, 7) is 7.00. The topological polar surface area (TPSA) is 50.8 Å². The smallest absolute Gasteiger partial charge is 0.255 e. The average molecular weight is 352 g/mol. The van der Waals surface area contributed by atoms with Crippen LogP contribution in [-0.4, -0.2) is 36.2 Å². The molecular weight excluding hydrogens is 328 g/mol. The Hall–Kier alpha value is -2.53. The summed E-state index contributed by atoms with van der Waals surface area (Å²) in [5, 5.41) is 3.07. The van der Waals surface area contributed by atoms with Crippen molar-refractivity contribution in [1.82, 2.24) is 10.2 Å². The lowest BCUT2D eigenvalue weighted by atomic mass is 9.94. The molecule has 0 aromatic heterocycles. The Bertz CT molecular complexity index is 832. The van der Waals surface area contributed by atoms with Crippen molar-refractivity contribution in [3.05, 3.63) is 59.2 Å². The van der Waals surface area contributed by atoms with Crippen molar-refractivity contribution in [1.29, 1.82) is 0 Å². The number of rotatable bonds is 4. The molecule has 0 bridgehead atoms. The first-order valence-corrected chi connectivity index (χ1v) is 9.03. The lowest BCUT2D eigenvalue weighted by molar-refractivity contribution is 0.0823. The van der Waals surface area contributed by atoms with E-state index in [1.807, 2.05) is 12.1 Å². The lowest BCUT2D eigenvalue weighted by Gasteiger charge is -2.41. The van der Waals surface area contributed by atoms with Gasteiger partial charge in [-0.1, -0.05) is 30.3 Å². The molecule has 1 amide bonds. The van der Waals surface area contributed by atoms with E-state index in [0.29, 0.717) is 23.6 Å². The molecule has 0 spiro atoms. The minimum Gasteiger partial charge on any atom is -0.454 e. The van der Waals surface area contributed by atoms with Gasteiger partial charge in [0.05, 0.1) is 5.56 Å². The molecule has 26 heavy (non-hydrogen) atoms. The number of nitrogens with zero attached hydrogens (tertiary/aromatic N) is 1. The van der Waals surface area contributed by atoms with Crippen molar-refractivity contribution in [2.24, 2.45) is 0 Å². The standard InChI is InChI=1S/C21H24N2O3/c1-21(2,23-11-10-15-6-3-4-7-16(15)12-23)13-22-20(24)17-8-5-9-18-19(17)26-14-25-18/h3-9H,10-14H2,1-2H3,(H,22,24). The van der Waals surface area contributed by atoms with Crippen molar-refractivity contribution in [2.45, 2.75) is 32.4 Å². The second kappa shape index (κ2) is 6.65. The van der Waals surface area contributed by atoms with Crippen LogP contribution in [-0.2, 0) is 13.0 Å². The molecule has 0 aliphatic carbocycles. The Morgan fingerprint density at radius 1 is 1.12 bits per heavy atom. The molecule has 2 heterocycles. The largest absolute Gasteiger partial charge is 0.454 e. The van der Waals surface area contributed by atoms with E-state index < -0.39 is 0 Å². The number of nitrogens with one attached hydrogen (secondary N) is 1. The zero-order valence-electron chi connectivity index (χ0n) is 15.2. The highest BCUT2D eigenvalue weighted by molar-refractivity contribution is 5.98. The molecule has 2 aliphatic heterocycles. The quantitative estimate of drug-likeness (QED) is 0.919. The number of para-hydroxylation sites is 1. The first-order valence-electron chi connectivity index (χ1n) is 9.03. The Balaban J connectivity index is 1.43. The first kappa shape index (κ1) is 16.9. The summed E-state index contributed by atoms with van der Waals surface area (Å²) in [6.07, 6.45) is 1.05. The zero-order chi connectivity index (χ0) is 18.1. The fourth-order valence-corrected chi connectivity index (χ4v) is 3.63. The maximum Gasteiger partial charge on any atom is 0.255 e. The predicted octanol–water partition coefficient (Wildman–Crippen LogP) is 2.98. The minimum absolute atomic E-state index is 0.127. The monoisotopic (exact) mass is 352 g/mol. The number of fused-ring (bicyclic) bond motifs is 2. The van der Waals surface area contributed by atoms with Gasteiger partial charge in [0, 0.05) is 25.2 Å². The van der Waals surface area contributed by atoms with Gasteiger partial charge in [-0.15, -0.1) is 0 Å². The second-order valence-corrected chi connectivity index (χ2v) is 7.47. The van der Waals surface area contributed by atoms with E-state index in [1.165, 1.54) is 11.1 Å². The second-order valence-electron chi connectivity index (χ2n) is 7.47. The normalized spacial score (nSPS) is 16.2. The third kappa shape index (κ3) is 3.15. The van der Waals surface area contributed by atoms with Crippen LogP contribution in [0.4, 0.5) is 0 Å². The summed E-state index contributed by atoms with van der Waals surface area (Å²) >= 11 is 0. The number of benzene rings is 2. The summed E-state index contributed by atoms with van der Waals surface area (Å²) in [7, 11) is 0. The molecule has 5 heteroatoms. The molecule has 2 aromatic rings. The van der Waals surface area contributed by atoms with Gasteiger partial charge in [0.2, 0.25) is 6.79 Å². The van der Waals surface area contributed by atoms with Crippen LogP contribution in [0.1, 0.15) is 35.3 Å². The van der Waals surface area contributed by atoms with Gasteiger partial charge in [0.15, 0.2) is 11.5 Å². The Kier molecular flexibility index (Phi) is 4.32. The van der Waals surface area contributed by atoms with E-state index in [4.69, 9.17) is 9.47 Å². The number of amides is 1. The van der Waals surface area contributed by atoms with Gasteiger partial charge in [-0.25, -0.2) is 0 Å². The summed E-state index contributed by atoms with van der Waals surface area (Å²) in [5.74, 6) is 1.04. The SMILES string of the molecule is CC(C)(CNC(=O)c1cccc2c1OCO2)N1CCc2ccccc2C1. The van der Waals surface area contributed by atoms with Gasteiger partial charge in [0.25, 0.3) is 5.91 Å². The van der Waals surface area contributed by atoms with Crippen molar-refractivity contribution < 1.29 is 14.3 Å². The summed E-state index contributed by atoms with van der Waals surface area (Å²) in [4.78, 5) is 15.1. The Morgan fingerprint density at radius 2 is 1.92 bits per heavy atom. The molecule has 0 atom stereocenters. The van der Waals surface area contributed by atoms with Crippen LogP contribution in [0.2, 0.25) is 0 Å². The summed E-state index contributed by atoms with van der Waals surface area (Å²) in [5.41, 5.74) is 3.20. The van der Waals surface area contributed by atoms with Gasteiger partial charge >= 0.3 is 0 Å². The van der Waals surface area contributed by atoms with Gasteiger partial charge in [-0.2, -0.15) is 0 Å². The van der Waals surface area contributed by atoms with E-state index in [0.717, 1.165) is 19.5 Å². The van der Waals surface area contributed by atoms with Gasteiger partial charge in [0.1, 0.15) is 0 Å². The van der Waals surface area contributed by atoms with Gasteiger partial charge in [-0.3, -0.25) is 9.69 Å². The molecular formula is C21H24N2O3. The van der Waals surface area contributed by atoms with Crippen LogP contribution in [0.3, 0.4) is 0 Å². The molecule has 0 fully saturated rings. The van der Waals surface area contributed by atoms with Gasteiger partial charge < -0.3 is 14.8 Å². The van der Waals surface area contributed by atoms with E-state index in [1.54, 1.807) is 6.07 Å². The van der Waals surface area contributed by atoms with Crippen LogP contribution >= 0.6 is 0 Å². The summed E-state index contributed by atoms with van der Waals surface area (Å²) in [6, 6.07) is 14.0. The van der Waals surface area contributed by atoms with E-state index in [-0.39, 0.29) is 18.2 Å². The number of carbonyl (C=O) groups excluding carboxylic acids is 1. The number of carbonyl (C=O) groups is 1. The molecule has 2 aliphatic rings. The molecule has 0 radical (unpaired) electrons. The predicted molar refractivity (Wildman–Crippen MR) is 99.5 cm³/mol. The van der Waals surface area contributed by atoms with Crippen LogP contribution < -0.4 is 14.8 Å². The van der Waals surface area contributed by atoms with E-state index >= 15 is 0 Å². The number of hydrogen-bond donors (Lipinski definition) is 1. The van der Waals surface area contributed by atoms with E-state index in [2.05, 4.69) is 48.3 Å². The van der Waals surface area contributed by atoms with E-state index in [9.17, 15) is 4.79 Å². The highest BCUT2D eigenvalue weighted by Crippen LogP contribution is 2.35. The van der Waals surface area contributed by atoms with Crippen molar-refractivity contribution in [3.8, 4) is 11.5 Å². The molecule has 0 saturated heterocycles. The van der Waals surface area contributed by atoms with Crippen molar-refractivity contribution in [2.75, 3.05) is 19.9 Å². The van der Waals surface area contributed by atoms with Crippen LogP contribution in [0.15, 0.2) is 42.5 Å². The summed E-state index contributed by atoms with van der Waals surface area (Å²) < 4.78 is 10.8. The average Bonchev–Trinajstić information content (AvgIpc) is 3.14.